The average Bonchev–Trinajstić information content (AvgIpc) is 2.43. The van der Waals surface area contributed by atoms with E-state index in [0.29, 0.717) is 0 Å². The van der Waals surface area contributed by atoms with Crippen LogP contribution in [0.3, 0.4) is 0 Å². The third kappa shape index (κ3) is 1.33. The fourth-order valence-electron chi connectivity index (χ4n) is 1.40. The number of hydrogen-bond donors (Lipinski definition) is 1. The molecule has 3 heteroatoms. The molecular weight excluding hydrogens is 230 g/mol. The van der Waals surface area contributed by atoms with Crippen LogP contribution in [0, 0.1) is 6.92 Å². The van der Waals surface area contributed by atoms with Crippen LogP contribution in [0.4, 0.5) is 0 Å². The highest BCUT2D eigenvalue weighted by atomic mass is 79.9. The lowest BCUT2D eigenvalue weighted by Gasteiger charge is -1.98. The standard InChI is InChI=1S/C10H10BrNO/c1-6-8-5-7(13-2)3-4-9(8)12-10(6)11/h3-5,12H,1-2H3. The molecule has 0 aliphatic rings. The summed E-state index contributed by atoms with van der Waals surface area (Å²) >= 11 is 3.46. The first-order chi connectivity index (χ1) is 6.22. The molecule has 0 spiro atoms. The summed E-state index contributed by atoms with van der Waals surface area (Å²) in [6, 6.07) is 6.00. The lowest BCUT2D eigenvalue weighted by Crippen LogP contribution is -1.81. The van der Waals surface area contributed by atoms with Gasteiger partial charge in [-0.3, -0.25) is 0 Å². The van der Waals surface area contributed by atoms with Gasteiger partial charge in [-0.25, -0.2) is 0 Å². The number of hydrogen-bond acceptors (Lipinski definition) is 1. The molecule has 0 aliphatic carbocycles. The minimum atomic E-state index is 0.891. The van der Waals surface area contributed by atoms with Gasteiger partial charge in [-0.05, 0) is 46.6 Å². The van der Waals surface area contributed by atoms with Crippen LogP contribution in [0.25, 0.3) is 10.9 Å². The molecule has 1 heterocycles. The summed E-state index contributed by atoms with van der Waals surface area (Å²) < 4.78 is 6.20. The monoisotopic (exact) mass is 239 g/mol. The zero-order valence-electron chi connectivity index (χ0n) is 7.52. The molecule has 0 radical (unpaired) electrons. The number of rotatable bonds is 1. The zero-order chi connectivity index (χ0) is 9.42. The first kappa shape index (κ1) is 8.63. The molecular formula is C10H10BrNO. The fraction of sp³-hybridized carbons (Fsp3) is 0.200. The molecule has 13 heavy (non-hydrogen) atoms. The highest BCUT2D eigenvalue weighted by Crippen LogP contribution is 2.28. The largest absolute Gasteiger partial charge is 0.497 e. The van der Waals surface area contributed by atoms with Crippen molar-refractivity contribution in [2.75, 3.05) is 7.11 Å². The highest BCUT2D eigenvalue weighted by molar-refractivity contribution is 9.10. The number of H-pyrrole nitrogens is 1. The Balaban J connectivity index is 2.75. The summed E-state index contributed by atoms with van der Waals surface area (Å²) in [5.41, 5.74) is 2.35. The molecule has 0 atom stereocenters. The Morgan fingerprint density at radius 2 is 2.15 bits per heavy atom. The lowest BCUT2D eigenvalue weighted by molar-refractivity contribution is 0.415. The van der Waals surface area contributed by atoms with Gasteiger partial charge in [0.15, 0.2) is 0 Å². The van der Waals surface area contributed by atoms with E-state index in [-0.39, 0.29) is 0 Å². The van der Waals surface area contributed by atoms with Gasteiger partial charge in [0.1, 0.15) is 5.75 Å². The highest BCUT2D eigenvalue weighted by Gasteiger charge is 2.05. The summed E-state index contributed by atoms with van der Waals surface area (Å²) in [7, 11) is 1.68. The van der Waals surface area contributed by atoms with E-state index in [1.54, 1.807) is 7.11 Å². The number of nitrogens with one attached hydrogen (secondary N) is 1. The summed E-state index contributed by atoms with van der Waals surface area (Å²) in [4.78, 5) is 3.24. The number of aryl methyl sites for hydroxylation is 1. The first-order valence-corrected chi connectivity index (χ1v) is 4.83. The van der Waals surface area contributed by atoms with E-state index in [1.807, 2.05) is 18.2 Å². The van der Waals surface area contributed by atoms with Crippen LogP contribution >= 0.6 is 15.9 Å². The van der Waals surface area contributed by atoms with Crippen LogP contribution in [-0.4, -0.2) is 12.1 Å². The maximum atomic E-state index is 5.16. The summed E-state index contributed by atoms with van der Waals surface area (Å²) in [6.07, 6.45) is 0. The Bertz CT molecular complexity index is 447. The van der Waals surface area contributed by atoms with Gasteiger partial charge in [0.2, 0.25) is 0 Å². The van der Waals surface area contributed by atoms with E-state index < -0.39 is 0 Å². The third-order valence-corrected chi connectivity index (χ3v) is 3.00. The molecule has 0 aliphatic heterocycles. The second kappa shape index (κ2) is 3.07. The van der Waals surface area contributed by atoms with Crippen LogP contribution in [0.2, 0.25) is 0 Å². The van der Waals surface area contributed by atoms with Gasteiger partial charge < -0.3 is 9.72 Å². The average molecular weight is 240 g/mol. The van der Waals surface area contributed by atoms with Crippen LogP contribution < -0.4 is 4.74 Å². The van der Waals surface area contributed by atoms with Gasteiger partial charge in [0.05, 0.1) is 11.7 Å². The zero-order valence-corrected chi connectivity index (χ0v) is 9.10. The molecule has 1 N–H and O–H groups in total. The van der Waals surface area contributed by atoms with Crippen molar-refractivity contribution in [3.63, 3.8) is 0 Å². The van der Waals surface area contributed by atoms with Gasteiger partial charge in [-0.1, -0.05) is 0 Å². The summed E-state index contributed by atoms with van der Waals surface area (Å²) in [5, 5.41) is 1.20. The van der Waals surface area contributed by atoms with Gasteiger partial charge >= 0.3 is 0 Å². The number of aromatic amines is 1. The van der Waals surface area contributed by atoms with E-state index in [9.17, 15) is 0 Å². The molecule has 0 saturated heterocycles. The number of ether oxygens (including phenoxy) is 1. The number of fused-ring (bicyclic) bond motifs is 1. The Morgan fingerprint density at radius 3 is 2.85 bits per heavy atom. The molecule has 0 bridgehead atoms. The molecule has 2 aromatic rings. The minimum Gasteiger partial charge on any atom is -0.497 e. The number of halogens is 1. The predicted octanol–water partition coefficient (Wildman–Crippen LogP) is 3.25. The number of methoxy groups -OCH3 is 1. The molecule has 68 valence electrons. The molecule has 2 rings (SSSR count). The van der Waals surface area contributed by atoms with Crippen molar-refractivity contribution in [3.8, 4) is 5.75 Å². The maximum Gasteiger partial charge on any atom is 0.119 e. The van der Waals surface area contributed by atoms with E-state index in [0.717, 1.165) is 15.9 Å². The molecule has 1 aromatic carbocycles. The van der Waals surface area contributed by atoms with Gasteiger partial charge in [0, 0.05) is 10.9 Å². The fourth-order valence-corrected chi connectivity index (χ4v) is 1.83. The topological polar surface area (TPSA) is 25.0 Å². The normalized spacial score (nSPS) is 10.7. The summed E-state index contributed by atoms with van der Waals surface area (Å²) in [5.74, 6) is 0.891. The van der Waals surface area contributed by atoms with Gasteiger partial charge in [-0.15, -0.1) is 0 Å². The van der Waals surface area contributed by atoms with Crippen molar-refractivity contribution in [2.24, 2.45) is 0 Å². The number of benzene rings is 1. The van der Waals surface area contributed by atoms with Crippen LogP contribution in [0.15, 0.2) is 22.8 Å². The van der Waals surface area contributed by atoms with Crippen molar-refractivity contribution in [3.05, 3.63) is 28.4 Å². The van der Waals surface area contributed by atoms with Crippen LogP contribution in [0.5, 0.6) is 5.75 Å². The Hall–Kier alpha value is -0.960. The molecule has 1 aromatic heterocycles. The van der Waals surface area contributed by atoms with E-state index in [2.05, 4.69) is 27.8 Å². The van der Waals surface area contributed by atoms with Gasteiger partial charge in [0.25, 0.3) is 0 Å². The molecule has 0 fully saturated rings. The van der Waals surface area contributed by atoms with E-state index in [4.69, 9.17) is 4.74 Å². The number of aromatic nitrogens is 1. The molecule has 0 saturated carbocycles. The van der Waals surface area contributed by atoms with Crippen molar-refractivity contribution in [1.29, 1.82) is 0 Å². The quantitative estimate of drug-likeness (QED) is 0.813. The molecule has 2 nitrogen and oxygen atoms in total. The van der Waals surface area contributed by atoms with E-state index >= 15 is 0 Å². The molecule has 0 amide bonds. The Labute approximate surface area is 85.0 Å². The summed E-state index contributed by atoms with van der Waals surface area (Å²) in [6.45, 7) is 2.07. The SMILES string of the molecule is COc1ccc2[nH]c(Br)c(C)c2c1. The van der Waals surface area contributed by atoms with E-state index in [1.165, 1.54) is 10.9 Å². The third-order valence-electron chi connectivity index (χ3n) is 2.20. The second-order valence-electron chi connectivity index (χ2n) is 2.98. The van der Waals surface area contributed by atoms with Crippen molar-refractivity contribution in [2.45, 2.75) is 6.92 Å². The molecule has 0 unspecified atom stereocenters. The Kier molecular flexibility index (Phi) is 2.04. The first-order valence-electron chi connectivity index (χ1n) is 4.04. The maximum absolute atomic E-state index is 5.16. The smallest absolute Gasteiger partial charge is 0.119 e. The van der Waals surface area contributed by atoms with Crippen LogP contribution in [0.1, 0.15) is 5.56 Å². The second-order valence-corrected chi connectivity index (χ2v) is 3.77. The van der Waals surface area contributed by atoms with Crippen LogP contribution in [-0.2, 0) is 0 Å². The Morgan fingerprint density at radius 1 is 1.38 bits per heavy atom. The van der Waals surface area contributed by atoms with Crippen molar-refractivity contribution >= 4 is 26.8 Å². The minimum absolute atomic E-state index is 0.891. The van der Waals surface area contributed by atoms with Crippen molar-refractivity contribution in [1.82, 2.24) is 4.98 Å². The lowest BCUT2D eigenvalue weighted by atomic mass is 10.2. The van der Waals surface area contributed by atoms with Gasteiger partial charge in [-0.2, -0.15) is 0 Å². The van der Waals surface area contributed by atoms with Crippen molar-refractivity contribution < 1.29 is 4.74 Å². The predicted molar refractivity (Wildman–Crippen MR) is 57.3 cm³/mol.